The third-order valence-electron chi connectivity index (χ3n) is 5.34. The van der Waals surface area contributed by atoms with Gasteiger partial charge < -0.3 is 14.8 Å². The number of halogens is 8. The quantitative estimate of drug-likeness (QED) is 0.227. The van der Waals surface area contributed by atoms with Gasteiger partial charge in [-0.25, -0.2) is 8.78 Å². The summed E-state index contributed by atoms with van der Waals surface area (Å²) in [5, 5.41) is 5.80. The molecule has 4 aromatic rings. The van der Waals surface area contributed by atoms with Crippen molar-refractivity contribution in [2.75, 3.05) is 5.32 Å². The Kier molecular flexibility index (Phi) is 7.71. The van der Waals surface area contributed by atoms with E-state index in [1.165, 1.54) is 19.2 Å². The summed E-state index contributed by atoms with van der Waals surface area (Å²) in [6.07, 6.45) is -11.7. The van der Waals surface area contributed by atoms with Crippen LogP contribution in [0.4, 0.5) is 40.8 Å². The fourth-order valence-electron chi connectivity index (χ4n) is 3.61. The van der Waals surface area contributed by atoms with Crippen LogP contribution in [-0.4, -0.2) is 15.7 Å². The van der Waals surface area contributed by atoms with Crippen molar-refractivity contribution in [1.82, 2.24) is 9.78 Å². The van der Waals surface area contributed by atoms with Crippen LogP contribution >= 0.6 is 0 Å². The molecule has 0 radical (unpaired) electrons. The molecule has 0 bridgehead atoms. The van der Waals surface area contributed by atoms with Gasteiger partial charge in [-0.1, -0.05) is 24.3 Å². The first-order valence-electron chi connectivity index (χ1n) is 11.2. The van der Waals surface area contributed by atoms with Gasteiger partial charge in [0.1, 0.15) is 22.9 Å². The van der Waals surface area contributed by atoms with E-state index in [0.29, 0.717) is 0 Å². The summed E-state index contributed by atoms with van der Waals surface area (Å²) in [5.41, 5.74) is -3.95. The lowest BCUT2D eigenvalue weighted by molar-refractivity contribution is -0.139. The summed E-state index contributed by atoms with van der Waals surface area (Å²) >= 11 is 0. The van der Waals surface area contributed by atoms with Crippen molar-refractivity contribution in [3.8, 4) is 23.0 Å². The Bertz CT molecular complexity index is 1530. The average molecular weight is 571 g/mol. The highest BCUT2D eigenvalue weighted by molar-refractivity contribution is 6.05. The number of alkyl halides is 8. The minimum atomic E-state index is -4.85. The minimum Gasteiger partial charge on any atom is -0.457 e. The summed E-state index contributed by atoms with van der Waals surface area (Å²) in [7, 11) is 1.30. The number of carbonyl (C=O) groups is 1. The van der Waals surface area contributed by atoms with Gasteiger partial charge >= 0.3 is 12.4 Å². The van der Waals surface area contributed by atoms with Crippen molar-refractivity contribution in [3.63, 3.8) is 0 Å². The molecule has 3 aromatic carbocycles. The van der Waals surface area contributed by atoms with Gasteiger partial charge in [0.05, 0.1) is 22.4 Å². The van der Waals surface area contributed by atoms with Crippen LogP contribution < -0.4 is 14.8 Å². The largest absolute Gasteiger partial charge is 0.457 e. The predicted octanol–water partition coefficient (Wildman–Crippen LogP) is 8.23. The van der Waals surface area contributed by atoms with Gasteiger partial charge in [-0.05, 0) is 36.4 Å². The molecule has 0 unspecified atom stereocenters. The van der Waals surface area contributed by atoms with E-state index in [2.05, 4.69) is 10.4 Å². The van der Waals surface area contributed by atoms with E-state index in [9.17, 15) is 39.9 Å². The number of aryl methyl sites for hydroxylation is 1. The van der Waals surface area contributed by atoms with Crippen LogP contribution in [0, 0.1) is 0 Å². The maximum absolute atomic E-state index is 13.6. The van der Waals surface area contributed by atoms with Crippen molar-refractivity contribution >= 4 is 11.6 Å². The molecule has 0 aliphatic rings. The Morgan fingerprint density at radius 1 is 0.825 bits per heavy atom. The molecule has 6 nitrogen and oxygen atoms in total. The number of anilines is 1. The number of ether oxygens (including phenoxy) is 2. The number of hydrogen-bond donors (Lipinski definition) is 1. The standard InChI is InChI=1S/C26H17F8N3O3/c1-37-13-15(22(36-37)23(27)28)24(38)35-18-11-10-14(39-19-8-4-2-6-16(19)25(29,30)31)12-21(18)40-20-9-5-3-7-17(20)26(32,33)34/h2-13,23H,1H3,(H,35,38). The third-order valence-corrected chi connectivity index (χ3v) is 5.34. The van der Waals surface area contributed by atoms with Crippen LogP contribution in [0.3, 0.4) is 0 Å². The van der Waals surface area contributed by atoms with Crippen LogP contribution in [0.15, 0.2) is 72.9 Å². The van der Waals surface area contributed by atoms with Crippen molar-refractivity contribution in [3.05, 3.63) is 95.3 Å². The normalized spacial score (nSPS) is 11.9. The first-order valence-corrected chi connectivity index (χ1v) is 11.2. The van der Waals surface area contributed by atoms with Gasteiger partial charge in [0.25, 0.3) is 12.3 Å². The topological polar surface area (TPSA) is 65.4 Å². The molecule has 0 atom stereocenters. The van der Waals surface area contributed by atoms with E-state index in [1.54, 1.807) is 0 Å². The van der Waals surface area contributed by atoms with Crippen molar-refractivity contribution < 1.29 is 49.4 Å². The molecule has 1 amide bonds. The van der Waals surface area contributed by atoms with Gasteiger partial charge in [0.2, 0.25) is 0 Å². The lowest BCUT2D eigenvalue weighted by atomic mass is 10.2. The van der Waals surface area contributed by atoms with Gasteiger partial charge in [0, 0.05) is 19.3 Å². The highest BCUT2D eigenvalue weighted by Crippen LogP contribution is 2.43. The summed E-state index contributed by atoms with van der Waals surface area (Å²) in [4.78, 5) is 12.8. The lowest BCUT2D eigenvalue weighted by Gasteiger charge is -2.18. The zero-order valence-corrected chi connectivity index (χ0v) is 20.1. The minimum absolute atomic E-state index is 0.288. The summed E-state index contributed by atoms with van der Waals surface area (Å²) in [6.45, 7) is 0. The SMILES string of the molecule is Cn1cc(C(=O)Nc2ccc(Oc3ccccc3C(F)(F)F)cc2Oc2ccccc2C(F)(F)F)c(C(F)F)n1. The number of hydrogen-bond acceptors (Lipinski definition) is 4. The molecule has 0 saturated heterocycles. The number of rotatable bonds is 7. The van der Waals surface area contributed by atoms with E-state index in [1.807, 2.05) is 0 Å². The molecule has 1 heterocycles. The van der Waals surface area contributed by atoms with Gasteiger partial charge in [0.15, 0.2) is 5.75 Å². The Labute approximate surface area is 220 Å². The van der Waals surface area contributed by atoms with E-state index >= 15 is 0 Å². The molecule has 0 fully saturated rings. The summed E-state index contributed by atoms with van der Waals surface area (Å²) in [6, 6.07) is 11.4. The second-order valence-corrected chi connectivity index (χ2v) is 8.21. The predicted molar refractivity (Wildman–Crippen MR) is 126 cm³/mol. The molecule has 0 aliphatic carbocycles. The Hall–Kier alpha value is -4.62. The molecule has 1 N–H and O–H groups in total. The highest BCUT2D eigenvalue weighted by atomic mass is 19.4. The van der Waals surface area contributed by atoms with Crippen LogP contribution in [0.25, 0.3) is 0 Å². The number of carbonyl (C=O) groups excluding carboxylic acids is 1. The second-order valence-electron chi connectivity index (χ2n) is 8.21. The number of nitrogens with one attached hydrogen (secondary N) is 1. The Morgan fingerprint density at radius 2 is 1.38 bits per heavy atom. The molecule has 14 heteroatoms. The zero-order valence-electron chi connectivity index (χ0n) is 20.1. The van der Waals surface area contributed by atoms with E-state index in [0.717, 1.165) is 65.5 Å². The van der Waals surface area contributed by atoms with Gasteiger partial charge in [-0.2, -0.15) is 31.4 Å². The molecular weight excluding hydrogens is 554 g/mol. The Balaban J connectivity index is 1.76. The van der Waals surface area contributed by atoms with Gasteiger partial charge in [-0.15, -0.1) is 0 Å². The molecule has 0 saturated carbocycles. The third kappa shape index (κ3) is 6.33. The average Bonchev–Trinajstić information content (AvgIpc) is 3.27. The maximum Gasteiger partial charge on any atom is 0.419 e. The first-order chi connectivity index (χ1) is 18.7. The van der Waals surface area contributed by atoms with E-state index in [-0.39, 0.29) is 11.4 Å². The zero-order chi connectivity index (χ0) is 29.2. The molecule has 0 spiro atoms. The fraction of sp³-hybridized carbons (Fsp3) is 0.154. The second kappa shape index (κ2) is 10.9. The molecule has 4 rings (SSSR count). The first kappa shape index (κ1) is 28.4. The van der Waals surface area contributed by atoms with Gasteiger partial charge in [-0.3, -0.25) is 9.48 Å². The van der Waals surface area contributed by atoms with Crippen molar-refractivity contribution in [2.24, 2.45) is 7.05 Å². The molecule has 1 aromatic heterocycles. The maximum atomic E-state index is 13.6. The van der Waals surface area contributed by atoms with Crippen LogP contribution in [0.2, 0.25) is 0 Å². The molecule has 40 heavy (non-hydrogen) atoms. The molecule has 0 aliphatic heterocycles. The van der Waals surface area contributed by atoms with E-state index in [4.69, 9.17) is 9.47 Å². The summed E-state index contributed by atoms with van der Waals surface area (Å²) < 4.78 is 119. The molecule has 210 valence electrons. The van der Waals surface area contributed by atoms with Crippen LogP contribution in [-0.2, 0) is 19.4 Å². The molecular formula is C26H17F8N3O3. The Morgan fingerprint density at radius 3 is 1.93 bits per heavy atom. The number of nitrogens with zero attached hydrogens (tertiary/aromatic N) is 2. The van der Waals surface area contributed by atoms with E-state index < -0.39 is 64.3 Å². The number of aromatic nitrogens is 2. The smallest absolute Gasteiger partial charge is 0.419 e. The highest BCUT2D eigenvalue weighted by Gasteiger charge is 2.35. The lowest BCUT2D eigenvalue weighted by Crippen LogP contribution is -2.14. The van der Waals surface area contributed by atoms with Crippen LogP contribution in [0.1, 0.15) is 33.6 Å². The summed E-state index contributed by atoms with van der Waals surface area (Å²) in [5.74, 6) is -3.16. The number of benzene rings is 3. The van der Waals surface area contributed by atoms with Crippen LogP contribution in [0.5, 0.6) is 23.0 Å². The number of amides is 1. The van der Waals surface area contributed by atoms with Crippen molar-refractivity contribution in [1.29, 1.82) is 0 Å². The van der Waals surface area contributed by atoms with Crippen molar-refractivity contribution in [2.45, 2.75) is 18.8 Å². The number of para-hydroxylation sites is 2. The monoisotopic (exact) mass is 571 g/mol. The fourth-order valence-corrected chi connectivity index (χ4v) is 3.61.